The number of hydrogen-bond acceptors (Lipinski definition) is 8. The van der Waals surface area contributed by atoms with Crippen LogP contribution in [-0.4, -0.2) is 67.1 Å². The Labute approximate surface area is 322 Å². The van der Waals surface area contributed by atoms with E-state index in [2.05, 4.69) is 70.5 Å². The number of carbonyl (C=O) groups is 3. The molecule has 0 bridgehead atoms. The number of ether oxygens (including phenoxy) is 1. The number of nitrogens with zero attached hydrogens (tertiary/aromatic N) is 3. The van der Waals surface area contributed by atoms with Crippen molar-refractivity contribution in [3.63, 3.8) is 0 Å². The van der Waals surface area contributed by atoms with Crippen LogP contribution in [0.25, 0.3) is 5.57 Å². The van der Waals surface area contributed by atoms with Gasteiger partial charge in [-0.25, -0.2) is 0 Å². The first kappa shape index (κ1) is 46.4. The predicted molar refractivity (Wildman–Crippen MR) is 221 cm³/mol. The molecule has 292 valence electrons. The highest BCUT2D eigenvalue weighted by Gasteiger charge is 2.30. The van der Waals surface area contributed by atoms with Crippen LogP contribution in [0.4, 0.5) is 17.2 Å². The number of amides is 3. The number of methoxy groups -OCH3 is 1. The maximum atomic E-state index is 13.4. The number of dihydropyridines is 1. The minimum Gasteiger partial charge on any atom is -0.494 e. The summed E-state index contributed by atoms with van der Waals surface area (Å²) < 4.78 is 5.84. The number of rotatable bonds is 14. The average molecular weight is 752 g/mol. The highest BCUT2D eigenvalue weighted by molar-refractivity contribution is 6.33. The van der Waals surface area contributed by atoms with Gasteiger partial charge in [0.15, 0.2) is 17.3 Å². The second-order valence-electron chi connectivity index (χ2n) is 11.7. The highest BCUT2D eigenvalue weighted by Crippen LogP contribution is 2.41. The van der Waals surface area contributed by atoms with E-state index in [1.165, 1.54) is 14.2 Å². The minimum atomic E-state index is -0.455. The number of benzene rings is 1. The van der Waals surface area contributed by atoms with Crippen LogP contribution in [0.5, 0.6) is 5.75 Å². The summed E-state index contributed by atoms with van der Waals surface area (Å²) in [5.74, 6) is 0.385. The first-order chi connectivity index (χ1) is 25.6. The monoisotopic (exact) mass is 751 g/mol. The molecule has 1 unspecified atom stereocenters. The lowest BCUT2D eigenvalue weighted by molar-refractivity contribution is -0.125. The van der Waals surface area contributed by atoms with Crippen LogP contribution in [0.1, 0.15) is 104 Å². The summed E-state index contributed by atoms with van der Waals surface area (Å²) in [5, 5.41) is 20.4. The summed E-state index contributed by atoms with van der Waals surface area (Å²) in [5.41, 5.74) is 3.86. The van der Waals surface area contributed by atoms with Gasteiger partial charge in [-0.2, -0.15) is 0 Å². The van der Waals surface area contributed by atoms with Gasteiger partial charge in [0.25, 0.3) is 11.8 Å². The van der Waals surface area contributed by atoms with E-state index in [0.717, 1.165) is 36.8 Å². The largest absolute Gasteiger partial charge is 0.494 e. The second kappa shape index (κ2) is 24.6. The standard InChI is InChI=1S/C35H44ClN7O4.3C2H6/c1-7-9-22(11-10-21(3)8-2)20-43(5)35(46)27-16-14-24(19-38-27)30-25(36)15-17-26(32(30)47-6)39-28-18-29(40-33(44)23-12-13-23)41-42-31(28)34(45)37-4;3*1-2/h9-11,14-18,21,23,38H,7-8,12-13,19-20H2,1-6H3,(H,37,45)(H2,39,40,41,44);3*1-2H3/b11-10-,22-9-;;;. The lowest BCUT2D eigenvalue weighted by Gasteiger charge is -2.24. The van der Waals surface area contributed by atoms with Gasteiger partial charge >= 0.3 is 0 Å². The Hall–Kier alpha value is -4.64. The fourth-order valence-corrected chi connectivity index (χ4v) is 5.23. The molecule has 1 aliphatic carbocycles. The van der Waals surface area contributed by atoms with Crippen molar-refractivity contribution in [3.05, 3.63) is 76.1 Å². The van der Waals surface area contributed by atoms with E-state index in [9.17, 15) is 14.4 Å². The number of hydrogen-bond donors (Lipinski definition) is 4. The van der Waals surface area contributed by atoms with Gasteiger partial charge in [0.2, 0.25) is 5.91 Å². The molecule has 1 fully saturated rings. The number of halogens is 1. The molecule has 1 aliphatic heterocycles. The van der Waals surface area contributed by atoms with Crippen LogP contribution in [0.3, 0.4) is 0 Å². The van der Waals surface area contributed by atoms with Crippen LogP contribution in [0.15, 0.2) is 59.8 Å². The smallest absolute Gasteiger partial charge is 0.273 e. The quantitative estimate of drug-likeness (QED) is 0.141. The number of nitrogens with one attached hydrogen (secondary N) is 4. The SMILES string of the molecule is CC.CC.CC.CC/C=C(/C=C\C(C)CC)CN(C)C(=O)C1=CC=C(c2c(Cl)ccc(Nc3cc(NC(=O)C4CC4)nnc3C(=O)NC)c2OC)CN1. The fourth-order valence-electron chi connectivity index (χ4n) is 4.95. The molecule has 0 spiro atoms. The zero-order valence-corrected chi connectivity index (χ0v) is 34.6. The Morgan fingerprint density at radius 2 is 1.74 bits per heavy atom. The Bertz CT molecular complexity index is 1630. The van der Waals surface area contributed by atoms with Crippen molar-refractivity contribution in [1.82, 2.24) is 25.7 Å². The number of carbonyl (C=O) groups excluding carboxylic acids is 3. The Morgan fingerprint density at radius 1 is 1.06 bits per heavy atom. The molecule has 0 saturated heterocycles. The van der Waals surface area contributed by atoms with Crippen LogP contribution >= 0.6 is 11.6 Å². The fraction of sp³-hybridized carbons (Fsp3) is 0.488. The first-order valence-corrected chi connectivity index (χ1v) is 19.3. The Kier molecular flexibility index (Phi) is 21.5. The van der Waals surface area contributed by atoms with E-state index in [1.54, 1.807) is 36.2 Å². The summed E-state index contributed by atoms with van der Waals surface area (Å²) in [4.78, 5) is 40.0. The molecule has 1 aromatic carbocycles. The number of aromatic nitrogens is 2. The molecule has 2 aromatic rings. The average Bonchev–Trinajstić information content (AvgIpc) is 4.05. The van der Waals surface area contributed by atoms with Crippen molar-refractivity contribution in [2.24, 2.45) is 11.8 Å². The topological polar surface area (TPSA) is 138 Å². The second-order valence-corrected chi connectivity index (χ2v) is 12.1. The van der Waals surface area contributed by atoms with Gasteiger partial charge in [0, 0.05) is 44.7 Å². The predicted octanol–water partition coefficient (Wildman–Crippen LogP) is 8.94. The van der Waals surface area contributed by atoms with E-state index < -0.39 is 5.91 Å². The molecule has 1 atom stereocenters. The van der Waals surface area contributed by atoms with Crippen molar-refractivity contribution >= 4 is 52.1 Å². The first-order valence-electron chi connectivity index (χ1n) is 18.9. The Balaban J connectivity index is 0.00000222. The van der Waals surface area contributed by atoms with Crippen LogP contribution in [0.2, 0.25) is 5.02 Å². The third kappa shape index (κ3) is 13.7. The zero-order chi connectivity index (χ0) is 40.1. The van der Waals surface area contributed by atoms with Crippen LogP contribution in [0, 0.1) is 11.8 Å². The third-order valence-corrected chi connectivity index (χ3v) is 8.32. The minimum absolute atomic E-state index is 0.0274. The molecule has 3 amide bonds. The summed E-state index contributed by atoms with van der Waals surface area (Å²) in [6.07, 6.45) is 13.7. The van der Waals surface area contributed by atoms with Crippen molar-refractivity contribution in [1.29, 1.82) is 0 Å². The maximum Gasteiger partial charge on any atom is 0.273 e. The number of allylic oxidation sites excluding steroid dienone is 4. The molecular weight excluding hydrogens is 690 g/mol. The third-order valence-electron chi connectivity index (χ3n) is 8.00. The molecule has 4 rings (SSSR count). The molecule has 12 heteroatoms. The van der Waals surface area contributed by atoms with Gasteiger partial charge in [-0.05, 0) is 54.5 Å². The number of likely N-dealkylation sites (N-methyl/N-ethyl adjacent to an activating group) is 1. The molecule has 53 heavy (non-hydrogen) atoms. The van der Waals surface area contributed by atoms with Crippen molar-refractivity contribution in [3.8, 4) is 5.75 Å². The molecule has 4 N–H and O–H groups in total. The molecule has 2 aliphatic rings. The summed E-state index contributed by atoms with van der Waals surface area (Å²) in [7, 11) is 4.82. The van der Waals surface area contributed by atoms with Crippen molar-refractivity contribution < 1.29 is 19.1 Å². The molecule has 11 nitrogen and oxygen atoms in total. The van der Waals surface area contributed by atoms with Gasteiger partial charge in [0.1, 0.15) is 5.70 Å². The normalized spacial score (nSPS) is 13.9. The molecular formula is C41H62ClN7O4. The van der Waals surface area contributed by atoms with Crippen LogP contribution < -0.4 is 26.0 Å². The lowest BCUT2D eigenvalue weighted by atomic mass is 10.00. The summed E-state index contributed by atoms with van der Waals surface area (Å²) in [6, 6.07) is 5.01. The van der Waals surface area contributed by atoms with E-state index in [4.69, 9.17) is 16.3 Å². The van der Waals surface area contributed by atoms with Crippen molar-refractivity contribution in [2.45, 2.75) is 88.0 Å². The van der Waals surface area contributed by atoms with Gasteiger partial charge in [0.05, 0.1) is 23.5 Å². The van der Waals surface area contributed by atoms with Crippen LogP contribution in [-0.2, 0) is 9.59 Å². The molecule has 2 heterocycles. The molecule has 0 radical (unpaired) electrons. The molecule has 1 saturated carbocycles. The van der Waals surface area contributed by atoms with E-state index in [-0.39, 0.29) is 29.2 Å². The molecule has 1 aromatic heterocycles. The van der Waals surface area contributed by atoms with E-state index in [1.807, 2.05) is 47.6 Å². The summed E-state index contributed by atoms with van der Waals surface area (Å²) in [6.45, 7) is 19.2. The van der Waals surface area contributed by atoms with Gasteiger partial charge < -0.3 is 30.9 Å². The highest BCUT2D eigenvalue weighted by atomic mass is 35.5. The van der Waals surface area contributed by atoms with Gasteiger partial charge in [-0.1, -0.05) is 105 Å². The lowest BCUT2D eigenvalue weighted by Crippen LogP contribution is -2.36. The van der Waals surface area contributed by atoms with E-state index >= 15 is 0 Å². The van der Waals surface area contributed by atoms with Gasteiger partial charge in [-0.15, -0.1) is 10.2 Å². The summed E-state index contributed by atoms with van der Waals surface area (Å²) >= 11 is 6.72. The maximum absolute atomic E-state index is 13.4. The van der Waals surface area contributed by atoms with Crippen molar-refractivity contribution in [2.75, 3.05) is 44.9 Å². The zero-order valence-electron chi connectivity index (χ0n) is 33.9. The number of anilines is 3. The Morgan fingerprint density at radius 3 is 2.28 bits per heavy atom. The van der Waals surface area contributed by atoms with E-state index in [0.29, 0.717) is 52.4 Å². The van der Waals surface area contributed by atoms with Gasteiger partial charge in [-0.3, -0.25) is 14.4 Å².